The Morgan fingerprint density at radius 1 is 1.03 bits per heavy atom. The summed E-state index contributed by atoms with van der Waals surface area (Å²) in [6.07, 6.45) is -0.00842. The fraction of sp³-hybridized carbons (Fsp3) is 0.464. The Morgan fingerprint density at radius 3 is 2.26 bits per heavy atom. The van der Waals surface area contributed by atoms with Gasteiger partial charge in [0.2, 0.25) is 5.91 Å². The summed E-state index contributed by atoms with van der Waals surface area (Å²) in [4.78, 5) is 41.3. The molecule has 0 aliphatic rings. The van der Waals surface area contributed by atoms with Crippen LogP contribution in [0.3, 0.4) is 0 Å². The maximum atomic E-state index is 13.7. The van der Waals surface area contributed by atoms with E-state index in [1.807, 2.05) is 76.2 Å². The zero-order valence-corrected chi connectivity index (χ0v) is 22.1. The summed E-state index contributed by atoms with van der Waals surface area (Å²) in [6, 6.07) is 13.3. The lowest BCUT2D eigenvalue weighted by Gasteiger charge is -2.33. The fourth-order valence-electron chi connectivity index (χ4n) is 3.77. The van der Waals surface area contributed by atoms with Gasteiger partial charge in [0.15, 0.2) is 0 Å². The lowest BCUT2D eigenvalue weighted by Crippen LogP contribution is -2.53. The van der Waals surface area contributed by atoms with Gasteiger partial charge in [-0.15, -0.1) is 0 Å². The second-order valence-electron chi connectivity index (χ2n) is 10.1. The van der Waals surface area contributed by atoms with Gasteiger partial charge in [-0.2, -0.15) is 0 Å². The molecule has 0 aliphatic heterocycles. The molecule has 2 rings (SSSR count). The quantitative estimate of drug-likeness (QED) is 0.530. The number of para-hydroxylation sites is 1. The van der Waals surface area contributed by atoms with Crippen LogP contribution < -0.4 is 10.6 Å². The van der Waals surface area contributed by atoms with Crippen molar-refractivity contribution in [3.8, 4) is 0 Å². The number of amides is 3. The summed E-state index contributed by atoms with van der Waals surface area (Å²) >= 11 is 0. The van der Waals surface area contributed by atoms with E-state index in [-0.39, 0.29) is 17.7 Å². The van der Waals surface area contributed by atoms with Crippen LogP contribution >= 0.6 is 0 Å². The van der Waals surface area contributed by atoms with Crippen LogP contribution in [0.4, 0.5) is 10.5 Å². The lowest BCUT2D eigenvalue weighted by atomic mass is 9.96. The number of likely N-dealkylation sites (N-methyl/N-ethyl adjacent to an activating group) is 1. The minimum Gasteiger partial charge on any atom is -0.444 e. The van der Waals surface area contributed by atoms with E-state index in [0.29, 0.717) is 17.7 Å². The zero-order chi connectivity index (χ0) is 26.3. The molecule has 35 heavy (non-hydrogen) atoms. The number of carbonyl (C=O) groups is 3. The molecule has 3 unspecified atom stereocenters. The van der Waals surface area contributed by atoms with E-state index >= 15 is 0 Å². The maximum absolute atomic E-state index is 13.7. The van der Waals surface area contributed by atoms with Crippen LogP contribution in [-0.2, 0) is 14.3 Å². The fourth-order valence-corrected chi connectivity index (χ4v) is 3.77. The molecule has 0 radical (unpaired) electrons. The number of nitrogens with one attached hydrogen (secondary N) is 2. The molecule has 2 N–H and O–H groups in total. The summed E-state index contributed by atoms with van der Waals surface area (Å²) in [7, 11) is 1.60. The van der Waals surface area contributed by atoms with E-state index in [1.54, 1.807) is 27.8 Å². The molecule has 0 aromatic heterocycles. The molecule has 7 nitrogen and oxygen atoms in total. The molecule has 0 spiro atoms. The van der Waals surface area contributed by atoms with Crippen LogP contribution in [0.1, 0.15) is 63.8 Å². The molecule has 0 heterocycles. The van der Waals surface area contributed by atoms with E-state index in [2.05, 4.69) is 10.6 Å². The molecule has 0 fully saturated rings. The third kappa shape index (κ3) is 7.84. The molecular formula is C28H39N3O4. The molecule has 7 heteroatoms. The molecule has 2 aromatic rings. The number of hydrogen-bond acceptors (Lipinski definition) is 4. The van der Waals surface area contributed by atoms with Crippen molar-refractivity contribution >= 4 is 23.6 Å². The number of ether oxygens (including phenoxy) is 1. The van der Waals surface area contributed by atoms with Crippen molar-refractivity contribution in [2.75, 3.05) is 12.4 Å². The standard InChI is InChI=1S/C28H39N3O4/c1-9-19(3)23(30-27(34)35-28(5,6)7)26(33)31(8)24(21-15-12-13-18(2)17-21)25(32)29-22-16-11-10-14-20(22)4/h10-17,19,23-24H,9H2,1-8H3,(H,29,32)(H,30,34). The Morgan fingerprint density at radius 2 is 1.69 bits per heavy atom. The smallest absolute Gasteiger partial charge is 0.408 e. The van der Waals surface area contributed by atoms with Crippen LogP contribution in [0, 0.1) is 19.8 Å². The lowest BCUT2D eigenvalue weighted by molar-refractivity contribution is -0.140. The Labute approximate surface area is 209 Å². The Balaban J connectivity index is 2.41. The topological polar surface area (TPSA) is 87.7 Å². The van der Waals surface area contributed by atoms with Crippen molar-refractivity contribution in [2.24, 2.45) is 5.92 Å². The first-order chi connectivity index (χ1) is 16.3. The largest absolute Gasteiger partial charge is 0.444 e. The van der Waals surface area contributed by atoms with Crippen molar-refractivity contribution < 1.29 is 19.1 Å². The predicted molar refractivity (Wildman–Crippen MR) is 139 cm³/mol. The van der Waals surface area contributed by atoms with Gasteiger partial charge in [-0.1, -0.05) is 68.3 Å². The van der Waals surface area contributed by atoms with E-state index in [9.17, 15) is 14.4 Å². The van der Waals surface area contributed by atoms with Gasteiger partial charge < -0.3 is 20.3 Å². The first kappa shape index (κ1) is 27.9. The van der Waals surface area contributed by atoms with Gasteiger partial charge in [-0.25, -0.2) is 4.79 Å². The number of carbonyl (C=O) groups excluding carboxylic acids is 3. The van der Waals surface area contributed by atoms with Gasteiger partial charge in [0.25, 0.3) is 5.91 Å². The van der Waals surface area contributed by atoms with Gasteiger partial charge in [0.1, 0.15) is 17.7 Å². The number of anilines is 1. The van der Waals surface area contributed by atoms with Crippen LogP contribution in [-0.4, -0.2) is 41.5 Å². The summed E-state index contributed by atoms with van der Waals surface area (Å²) in [6.45, 7) is 13.0. The van der Waals surface area contributed by atoms with Crippen molar-refractivity contribution in [3.05, 3.63) is 65.2 Å². The Kier molecular flexibility index (Phi) is 9.46. The minimum absolute atomic E-state index is 0.171. The first-order valence-electron chi connectivity index (χ1n) is 12.0. The van der Waals surface area contributed by atoms with Crippen LogP contribution in [0.25, 0.3) is 0 Å². The second-order valence-corrected chi connectivity index (χ2v) is 10.1. The van der Waals surface area contributed by atoms with Gasteiger partial charge in [0, 0.05) is 12.7 Å². The normalized spacial score (nSPS) is 13.8. The van der Waals surface area contributed by atoms with Crippen molar-refractivity contribution in [3.63, 3.8) is 0 Å². The number of rotatable bonds is 8. The molecular weight excluding hydrogens is 442 g/mol. The third-order valence-electron chi connectivity index (χ3n) is 5.90. The summed E-state index contributed by atoms with van der Waals surface area (Å²) in [5.41, 5.74) is 2.56. The summed E-state index contributed by atoms with van der Waals surface area (Å²) in [5, 5.41) is 5.71. The zero-order valence-electron chi connectivity index (χ0n) is 22.1. The number of nitrogens with zero attached hydrogens (tertiary/aromatic N) is 1. The number of aryl methyl sites for hydroxylation is 2. The Bertz CT molecular complexity index is 1040. The van der Waals surface area contributed by atoms with Crippen LogP contribution in [0.2, 0.25) is 0 Å². The van der Waals surface area contributed by atoms with Crippen LogP contribution in [0.5, 0.6) is 0 Å². The molecule has 190 valence electrons. The minimum atomic E-state index is -0.894. The molecule has 0 saturated heterocycles. The average Bonchev–Trinajstić information content (AvgIpc) is 2.77. The van der Waals surface area contributed by atoms with E-state index in [1.165, 1.54) is 4.90 Å². The molecule has 2 aromatic carbocycles. The highest BCUT2D eigenvalue weighted by atomic mass is 16.6. The van der Waals surface area contributed by atoms with Crippen molar-refractivity contribution in [2.45, 2.75) is 72.6 Å². The number of benzene rings is 2. The van der Waals surface area contributed by atoms with Crippen molar-refractivity contribution in [1.82, 2.24) is 10.2 Å². The van der Waals surface area contributed by atoms with E-state index < -0.39 is 23.8 Å². The highest BCUT2D eigenvalue weighted by Gasteiger charge is 2.36. The predicted octanol–water partition coefficient (Wildman–Crippen LogP) is 5.38. The van der Waals surface area contributed by atoms with Crippen LogP contribution in [0.15, 0.2) is 48.5 Å². The second kappa shape index (κ2) is 11.9. The van der Waals surface area contributed by atoms with Gasteiger partial charge >= 0.3 is 6.09 Å². The first-order valence-corrected chi connectivity index (χ1v) is 12.0. The van der Waals surface area contributed by atoms with Gasteiger partial charge in [-0.3, -0.25) is 9.59 Å². The SMILES string of the molecule is CCC(C)C(NC(=O)OC(C)(C)C)C(=O)N(C)C(C(=O)Nc1ccccc1C)c1cccc(C)c1. The van der Waals surface area contributed by atoms with Gasteiger partial charge in [-0.05, 0) is 57.7 Å². The molecule has 0 saturated carbocycles. The molecule has 0 aliphatic carbocycles. The molecule has 3 amide bonds. The summed E-state index contributed by atoms with van der Waals surface area (Å²) < 4.78 is 5.39. The van der Waals surface area contributed by atoms with Crippen molar-refractivity contribution in [1.29, 1.82) is 0 Å². The Hall–Kier alpha value is -3.35. The molecule has 0 bridgehead atoms. The average molecular weight is 482 g/mol. The highest BCUT2D eigenvalue weighted by molar-refractivity contribution is 5.99. The van der Waals surface area contributed by atoms with Gasteiger partial charge in [0.05, 0.1) is 0 Å². The van der Waals surface area contributed by atoms with E-state index in [0.717, 1.165) is 11.1 Å². The maximum Gasteiger partial charge on any atom is 0.408 e. The summed E-state index contributed by atoms with van der Waals surface area (Å²) in [5.74, 6) is -0.868. The molecule has 3 atom stereocenters. The van der Waals surface area contributed by atoms with E-state index in [4.69, 9.17) is 4.74 Å². The number of alkyl carbamates (subject to hydrolysis) is 1. The highest BCUT2D eigenvalue weighted by Crippen LogP contribution is 2.26. The number of hydrogen-bond donors (Lipinski definition) is 2. The third-order valence-corrected chi connectivity index (χ3v) is 5.90. The monoisotopic (exact) mass is 481 g/mol.